The molecule has 2 aromatic heterocycles. The zero-order valence-electron chi connectivity index (χ0n) is 14.0. The molecule has 6 nitrogen and oxygen atoms in total. The van der Waals surface area contributed by atoms with E-state index in [9.17, 15) is 4.79 Å². The second kappa shape index (κ2) is 6.12. The van der Waals surface area contributed by atoms with Gasteiger partial charge in [0.05, 0.1) is 29.3 Å². The molecule has 0 radical (unpaired) electrons. The van der Waals surface area contributed by atoms with Gasteiger partial charge in [0, 0.05) is 30.7 Å². The van der Waals surface area contributed by atoms with Gasteiger partial charge < -0.3 is 9.80 Å². The molecule has 7 heteroatoms. The first-order valence-electron chi connectivity index (χ1n) is 8.37. The summed E-state index contributed by atoms with van der Waals surface area (Å²) in [6, 6.07) is 0.545. The van der Waals surface area contributed by atoms with Crippen LogP contribution in [-0.4, -0.2) is 44.4 Å². The SMILES string of the molecule is Cc1cnc(N2CCC3C2CCC(=O)N3Cc2csc(C)n2)nc1. The lowest BCUT2D eigenvalue weighted by atomic mass is 9.96. The fourth-order valence-corrected chi connectivity index (χ4v) is 4.40. The molecule has 0 aliphatic carbocycles. The molecule has 0 spiro atoms. The van der Waals surface area contributed by atoms with Crippen LogP contribution in [0.2, 0.25) is 0 Å². The minimum Gasteiger partial charge on any atom is -0.336 e. The van der Waals surface area contributed by atoms with Gasteiger partial charge in [-0.2, -0.15) is 0 Å². The average Bonchev–Trinajstić information content (AvgIpc) is 3.17. The predicted molar refractivity (Wildman–Crippen MR) is 92.9 cm³/mol. The zero-order chi connectivity index (χ0) is 16.7. The van der Waals surface area contributed by atoms with E-state index in [1.807, 2.05) is 31.1 Å². The lowest BCUT2D eigenvalue weighted by Crippen LogP contribution is -2.52. The van der Waals surface area contributed by atoms with E-state index in [-0.39, 0.29) is 11.9 Å². The molecule has 4 rings (SSSR count). The van der Waals surface area contributed by atoms with Crippen LogP contribution < -0.4 is 4.90 Å². The molecule has 2 aliphatic heterocycles. The van der Waals surface area contributed by atoms with Gasteiger partial charge in [-0.1, -0.05) is 0 Å². The first kappa shape index (κ1) is 15.5. The number of carbonyl (C=O) groups excluding carboxylic acids is 1. The summed E-state index contributed by atoms with van der Waals surface area (Å²) in [5.41, 5.74) is 2.06. The molecular weight excluding hydrogens is 322 g/mol. The number of thiazole rings is 1. The van der Waals surface area contributed by atoms with Gasteiger partial charge in [0.2, 0.25) is 11.9 Å². The Morgan fingerprint density at radius 2 is 2.00 bits per heavy atom. The second-order valence-electron chi connectivity index (χ2n) is 6.60. The van der Waals surface area contributed by atoms with Crippen LogP contribution in [0.25, 0.3) is 0 Å². The van der Waals surface area contributed by atoms with Crippen molar-refractivity contribution in [2.24, 2.45) is 0 Å². The van der Waals surface area contributed by atoms with Crippen molar-refractivity contribution in [2.45, 2.75) is 51.7 Å². The molecule has 2 aliphatic rings. The minimum atomic E-state index is 0.234. The third kappa shape index (κ3) is 2.77. The molecule has 0 bridgehead atoms. The van der Waals surface area contributed by atoms with Crippen LogP contribution in [0, 0.1) is 13.8 Å². The maximum atomic E-state index is 12.5. The third-order valence-electron chi connectivity index (χ3n) is 4.91. The number of likely N-dealkylation sites (tertiary alicyclic amines) is 1. The molecule has 2 saturated heterocycles. The van der Waals surface area contributed by atoms with E-state index in [0.29, 0.717) is 19.0 Å². The normalized spacial score (nSPS) is 23.7. The molecule has 0 N–H and O–H groups in total. The third-order valence-corrected chi connectivity index (χ3v) is 5.73. The number of rotatable bonds is 3. The number of carbonyl (C=O) groups is 1. The highest BCUT2D eigenvalue weighted by Crippen LogP contribution is 2.34. The molecule has 2 aromatic rings. The first-order chi connectivity index (χ1) is 11.6. The number of fused-ring (bicyclic) bond motifs is 1. The molecular formula is C17H21N5OS. The van der Waals surface area contributed by atoms with E-state index >= 15 is 0 Å². The number of hydrogen-bond donors (Lipinski definition) is 0. The van der Waals surface area contributed by atoms with Crippen molar-refractivity contribution in [3.8, 4) is 0 Å². The molecule has 4 heterocycles. The standard InChI is InChI=1S/C17H21N5OS/c1-11-7-18-17(19-8-11)21-6-5-15-14(21)3-4-16(23)22(15)9-13-10-24-12(2)20-13/h7-8,10,14-15H,3-6,9H2,1-2H3. The van der Waals surface area contributed by atoms with Crippen LogP contribution in [0.3, 0.4) is 0 Å². The lowest BCUT2D eigenvalue weighted by Gasteiger charge is -2.39. The molecule has 126 valence electrons. The van der Waals surface area contributed by atoms with E-state index in [1.54, 1.807) is 11.3 Å². The number of anilines is 1. The van der Waals surface area contributed by atoms with Gasteiger partial charge in [0.1, 0.15) is 0 Å². The number of aryl methyl sites for hydroxylation is 2. The van der Waals surface area contributed by atoms with Crippen LogP contribution >= 0.6 is 11.3 Å². The summed E-state index contributed by atoms with van der Waals surface area (Å²) in [5.74, 6) is 1.03. The van der Waals surface area contributed by atoms with Crippen LogP contribution in [-0.2, 0) is 11.3 Å². The van der Waals surface area contributed by atoms with Crippen molar-refractivity contribution in [3.63, 3.8) is 0 Å². The molecule has 24 heavy (non-hydrogen) atoms. The summed E-state index contributed by atoms with van der Waals surface area (Å²) in [6.45, 7) is 5.51. The number of piperidine rings is 1. The quantitative estimate of drug-likeness (QED) is 0.856. The number of amides is 1. The van der Waals surface area contributed by atoms with E-state index in [0.717, 1.165) is 41.6 Å². The summed E-state index contributed by atoms with van der Waals surface area (Å²) < 4.78 is 0. The van der Waals surface area contributed by atoms with Crippen LogP contribution in [0.15, 0.2) is 17.8 Å². The Kier molecular flexibility index (Phi) is 3.96. The van der Waals surface area contributed by atoms with Crippen molar-refractivity contribution >= 4 is 23.2 Å². The molecule has 2 atom stereocenters. The van der Waals surface area contributed by atoms with E-state index < -0.39 is 0 Å². The van der Waals surface area contributed by atoms with Gasteiger partial charge in [0.25, 0.3) is 0 Å². The molecule has 0 aromatic carbocycles. The summed E-state index contributed by atoms with van der Waals surface area (Å²) in [7, 11) is 0. The Balaban J connectivity index is 1.55. The summed E-state index contributed by atoms with van der Waals surface area (Å²) in [4.78, 5) is 30.3. The Morgan fingerprint density at radius 3 is 2.71 bits per heavy atom. The minimum absolute atomic E-state index is 0.234. The predicted octanol–water partition coefficient (Wildman–Crippen LogP) is 2.32. The van der Waals surface area contributed by atoms with E-state index in [1.165, 1.54) is 0 Å². The Morgan fingerprint density at radius 1 is 1.21 bits per heavy atom. The van der Waals surface area contributed by atoms with Crippen molar-refractivity contribution in [3.05, 3.63) is 34.0 Å². The highest BCUT2D eigenvalue weighted by atomic mass is 32.1. The topological polar surface area (TPSA) is 62.2 Å². The smallest absolute Gasteiger partial charge is 0.225 e. The maximum Gasteiger partial charge on any atom is 0.225 e. The van der Waals surface area contributed by atoms with E-state index in [2.05, 4.69) is 25.2 Å². The Bertz CT molecular complexity index is 744. The lowest BCUT2D eigenvalue weighted by molar-refractivity contribution is -0.137. The number of hydrogen-bond acceptors (Lipinski definition) is 6. The summed E-state index contributed by atoms with van der Waals surface area (Å²) >= 11 is 1.64. The van der Waals surface area contributed by atoms with Crippen molar-refractivity contribution in [1.82, 2.24) is 19.9 Å². The van der Waals surface area contributed by atoms with Crippen molar-refractivity contribution in [2.75, 3.05) is 11.4 Å². The molecule has 1 amide bonds. The van der Waals surface area contributed by atoms with Crippen molar-refractivity contribution < 1.29 is 4.79 Å². The highest BCUT2D eigenvalue weighted by Gasteiger charge is 2.44. The monoisotopic (exact) mass is 343 g/mol. The second-order valence-corrected chi connectivity index (χ2v) is 7.66. The Hall–Kier alpha value is -2.02. The molecule has 2 fully saturated rings. The van der Waals surface area contributed by atoms with Gasteiger partial charge in [-0.25, -0.2) is 15.0 Å². The van der Waals surface area contributed by atoms with Crippen LogP contribution in [0.5, 0.6) is 0 Å². The van der Waals surface area contributed by atoms with Gasteiger partial charge in [-0.3, -0.25) is 4.79 Å². The van der Waals surface area contributed by atoms with Gasteiger partial charge in [-0.05, 0) is 32.3 Å². The van der Waals surface area contributed by atoms with Crippen molar-refractivity contribution in [1.29, 1.82) is 0 Å². The molecule has 2 unspecified atom stereocenters. The van der Waals surface area contributed by atoms with Crippen LogP contribution in [0.1, 0.15) is 35.5 Å². The highest BCUT2D eigenvalue weighted by molar-refractivity contribution is 7.09. The number of nitrogens with zero attached hydrogens (tertiary/aromatic N) is 5. The fraction of sp³-hybridized carbons (Fsp3) is 0.529. The maximum absolute atomic E-state index is 12.5. The Labute approximate surface area is 145 Å². The average molecular weight is 343 g/mol. The first-order valence-corrected chi connectivity index (χ1v) is 9.25. The van der Waals surface area contributed by atoms with E-state index in [4.69, 9.17) is 0 Å². The summed E-state index contributed by atoms with van der Waals surface area (Å²) in [6.07, 6.45) is 6.16. The summed E-state index contributed by atoms with van der Waals surface area (Å²) in [5, 5.41) is 3.11. The van der Waals surface area contributed by atoms with Gasteiger partial charge in [0.15, 0.2) is 0 Å². The van der Waals surface area contributed by atoms with Crippen LogP contribution in [0.4, 0.5) is 5.95 Å². The van der Waals surface area contributed by atoms with Gasteiger partial charge in [-0.15, -0.1) is 11.3 Å². The zero-order valence-corrected chi connectivity index (χ0v) is 14.8. The van der Waals surface area contributed by atoms with Gasteiger partial charge >= 0.3 is 0 Å². The fourth-order valence-electron chi connectivity index (χ4n) is 3.79. The number of aromatic nitrogens is 3. The largest absolute Gasteiger partial charge is 0.336 e. The molecule has 0 saturated carbocycles.